The predicted molar refractivity (Wildman–Crippen MR) is 145 cm³/mol. The minimum absolute atomic E-state index is 0.0978. The maximum absolute atomic E-state index is 12.5. The van der Waals surface area contributed by atoms with Crippen LogP contribution in [0.1, 0.15) is 36.5 Å². The van der Waals surface area contributed by atoms with Gasteiger partial charge in [0.05, 0.1) is 5.75 Å². The van der Waals surface area contributed by atoms with E-state index >= 15 is 0 Å². The molecule has 4 rings (SSSR count). The number of benzene rings is 3. The van der Waals surface area contributed by atoms with Crippen molar-refractivity contribution in [2.24, 2.45) is 0 Å². The molecular formula is C29H30N4OS. The zero-order valence-corrected chi connectivity index (χ0v) is 21.2. The van der Waals surface area contributed by atoms with Gasteiger partial charge in [-0.1, -0.05) is 96.9 Å². The zero-order valence-electron chi connectivity index (χ0n) is 20.4. The maximum Gasteiger partial charge on any atom is 0.234 e. The van der Waals surface area contributed by atoms with Crippen LogP contribution in [0, 0.1) is 13.8 Å². The minimum Gasteiger partial charge on any atom is -0.325 e. The van der Waals surface area contributed by atoms with Gasteiger partial charge in [-0.25, -0.2) is 4.98 Å². The molecule has 1 aromatic heterocycles. The first-order valence-electron chi connectivity index (χ1n) is 11.9. The van der Waals surface area contributed by atoms with Gasteiger partial charge in [0.1, 0.15) is 11.4 Å². The van der Waals surface area contributed by atoms with Crippen molar-refractivity contribution in [1.29, 1.82) is 0 Å². The second kappa shape index (κ2) is 11.8. The van der Waals surface area contributed by atoms with Crippen LogP contribution in [-0.2, 0) is 11.2 Å². The van der Waals surface area contributed by atoms with Gasteiger partial charge in [-0.15, -0.1) is 10.2 Å². The molecule has 0 bridgehead atoms. The predicted octanol–water partition coefficient (Wildman–Crippen LogP) is 6.90. The maximum atomic E-state index is 12.5. The third-order valence-corrected chi connectivity index (χ3v) is 6.54. The lowest BCUT2D eigenvalue weighted by molar-refractivity contribution is -0.113. The molecule has 0 saturated carbocycles. The van der Waals surface area contributed by atoms with Crippen molar-refractivity contribution in [2.75, 3.05) is 11.1 Å². The standard InChI is InChI=1S/C29H30N4OS/c1-4-5-6-22-11-17-25(18-12-22)30-26(34)19-35-29-31-27(23-13-7-20(2)8-14-23)28(32-33-29)24-15-9-21(3)10-16-24/h7-18H,4-6,19H2,1-3H3,(H,30,34). The number of thioether (sulfide) groups is 1. The van der Waals surface area contributed by atoms with Crippen molar-refractivity contribution in [3.05, 3.63) is 89.5 Å². The number of aryl methyl sites for hydroxylation is 3. The summed E-state index contributed by atoms with van der Waals surface area (Å²) >= 11 is 1.28. The summed E-state index contributed by atoms with van der Waals surface area (Å²) in [6, 6.07) is 24.4. The molecule has 6 heteroatoms. The topological polar surface area (TPSA) is 67.8 Å². The van der Waals surface area contributed by atoms with Crippen molar-refractivity contribution in [3.63, 3.8) is 0 Å². The van der Waals surface area contributed by atoms with E-state index in [-0.39, 0.29) is 11.7 Å². The average Bonchev–Trinajstić information content (AvgIpc) is 2.88. The molecule has 178 valence electrons. The van der Waals surface area contributed by atoms with Gasteiger partial charge in [0.2, 0.25) is 11.1 Å². The fourth-order valence-electron chi connectivity index (χ4n) is 3.65. The van der Waals surface area contributed by atoms with Crippen LogP contribution >= 0.6 is 11.8 Å². The first-order valence-corrected chi connectivity index (χ1v) is 12.9. The third-order valence-electron chi connectivity index (χ3n) is 5.71. The van der Waals surface area contributed by atoms with Crippen LogP contribution in [0.5, 0.6) is 0 Å². The Hall–Kier alpha value is -3.51. The fourth-order valence-corrected chi connectivity index (χ4v) is 4.24. The van der Waals surface area contributed by atoms with Gasteiger partial charge in [0.15, 0.2) is 0 Å². The first kappa shape index (κ1) is 24.6. The lowest BCUT2D eigenvalue weighted by Crippen LogP contribution is -2.14. The highest BCUT2D eigenvalue weighted by Gasteiger charge is 2.15. The van der Waals surface area contributed by atoms with Gasteiger partial charge >= 0.3 is 0 Å². The number of carbonyl (C=O) groups is 1. The molecule has 0 saturated heterocycles. The Morgan fingerprint density at radius 2 is 1.40 bits per heavy atom. The van der Waals surface area contributed by atoms with Crippen LogP contribution in [0.15, 0.2) is 78.0 Å². The smallest absolute Gasteiger partial charge is 0.234 e. The number of amides is 1. The number of anilines is 1. The summed E-state index contributed by atoms with van der Waals surface area (Å²) in [6.45, 7) is 6.30. The number of rotatable bonds is 9. The van der Waals surface area contributed by atoms with Crippen molar-refractivity contribution >= 4 is 23.4 Å². The summed E-state index contributed by atoms with van der Waals surface area (Å²) < 4.78 is 0. The molecule has 1 amide bonds. The Labute approximate surface area is 211 Å². The number of nitrogens with zero attached hydrogens (tertiary/aromatic N) is 3. The van der Waals surface area contributed by atoms with E-state index in [0.717, 1.165) is 34.6 Å². The normalized spacial score (nSPS) is 10.8. The number of hydrogen-bond acceptors (Lipinski definition) is 5. The van der Waals surface area contributed by atoms with Crippen LogP contribution < -0.4 is 5.32 Å². The first-order chi connectivity index (χ1) is 17.0. The lowest BCUT2D eigenvalue weighted by Gasteiger charge is -2.10. The lowest BCUT2D eigenvalue weighted by atomic mass is 10.0. The molecule has 5 nitrogen and oxygen atoms in total. The Morgan fingerprint density at radius 3 is 2.00 bits per heavy atom. The van der Waals surface area contributed by atoms with Crippen molar-refractivity contribution < 1.29 is 4.79 Å². The van der Waals surface area contributed by atoms with E-state index in [2.05, 4.69) is 72.7 Å². The second-order valence-electron chi connectivity index (χ2n) is 8.66. The molecule has 0 fully saturated rings. The molecule has 0 aliphatic carbocycles. The summed E-state index contributed by atoms with van der Waals surface area (Å²) in [7, 11) is 0. The van der Waals surface area contributed by atoms with Gasteiger partial charge in [-0.05, 0) is 44.4 Å². The number of unbranched alkanes of at least 4 members (excludes halogenated alkanes) is 1. The molecule has 4 aromatic rings. The number of hydrogen-bond donors (Lipinski definition) is 1. The molecule has 3 aromatic carbocycles. The Balaban J connectivity index is 1.48. The van der Waals surface area contributed by atoms with Crippen molar-refractivity contribution in [2.45, 2.75) is 45.2 Å². The van der Waals surface area contributed by atoms with Crippen LogP contribution in [-0.4, -0.2) is 26.8 Å². The Morgan fingerprint density at radius 1 is 0.800 bits per heavy atom. The van der Waals surface area contributed by atoms with Crippen LogP contribution in [0.4, 0.5) is 5.69 Å². The zero-order chi connectivity index (χ0) is 24.6. The molecule has 1 heterocycles. The molecule has 1 N–H and O–H groups in total. The number of aromatic nitrogens is 3. The van der Waals surface area contributed by atoms with E-state index in [1.54, 1.807) is 0 Å². The highest BCUT2D eigenvalue weighted by Crippen LogP contribution is 2.30. The minimum atomic E-state index is -0.0978. The number of carbonyl (C=O) groups excluding carboxylic acids is 1. The molecule has 0 aliphatic rings. The van der Waals surface area contributed by atoms with E-state index in [1.807, 2.05) is 36.4 Å². The van der Waals surface area contributed by atoms with Crippen molar-refractivity contribution in [3.8, 4) is 22.5 Å². The van der Waals surface area contributed by atoms with Gasteiger partial charge in [-0.2, -0.15) is 0 Å². The SMILES string of the molecule is CCCCc1ccc(NC(=O)CSc2nnc(-c3ccc(C)cc3)c(-c3ccc(C)cc3)n2)cc1. The highest BCUT2D eigenvalue weighted by atomic mass is 32.2. The monoisotopic (exact) mass is 482 g/mol. The molecule has 35 heavy (non-hydrogen) atoms. The summed E-state index contributed by atoms with van der Waals surface area (Å²) in [5.41, 5.74) is 7.86. The Kier molecular flexibility index (Phi) is 8.27. The van der Waals surface area contributed by atoms with E-state index in [0.29, 0.717) is 5.16 Å². The largest absolute Gasteiger partial charge is 0.325 e. The summed E-state index contributed by atoms with van der Waals surface area (Å²) in [6.07, 6.45) is 3.40. The van der Waals surface area contributed by atoms with E-state index in [1.165, 1.54) is 41.3 Å². The third kappa shape index (κ3) is 6.76. The quantitative estimate of drug-likeness (QED) is 0.263. The molecule has 0 atom stereocenters. The summed E-state index contributed by atoms with van der Waals surface area (Å²) in [4.78, 5) is 17.3. The second-order valence-corrected chi connectivity index (χ2v) is 9.60. The average molecular weight is 483 g/mol. The van der Waals surface area contributed by atoms with Crippen LogP contribution in [0.3, 0.4) is 0 Å². The van der Waals surface area contributed by atoms with E-state index < -0.39 is 0 Å². The van der Waals surface area contributed by atoms with Gasteiger partial charge in [0, 0.05) is 16.8 Å². The molecule has 0 radical (unpaired) electrons. The summed E-state index contributed by atoms with van der Waals surface area (Å²) in [5.74, 6) is 0.107. The molecule has 0 unspecified atom stereocenters. The van der Waals surface area contributed by atoms with Gasteiger partial charge in [0.25, 0.3) is 0 Å². The van der Waals surface area contributed by atoms with Crippen LogP contribution in [0.25, 0.3) is 22.5 Å². The summed E-state index contributed by atoms with van der Waals surface area (Å²) in [5, 5.41) is 12.3. The van der Waals surface area contributed by atoms with Crippen molar-refractivity contribution in [1.82, 2.24) is 15.2 Å². The molecular weight excluding hydrogens is 452 g/mol. The van der Waals surface area contributed by atoms with Gasteiger partial charge in [-0.3, -0.25) is 4.79 Å². The van der Waals surface area contributed by atoms with E-state index in [4.69, 9.17) is 4.98 Å². The Bertz CT molecular complexity index is 1270. The van der Waals surface area contributed by atoms with E-state index in [9.17, 15) is 4.79 Å². The fraction of sp³-hybridized carbons (Fsp3) is 0.241. The van der Waals surface area contributed by atoms with Crippen LogP contribution in [0.2, 0.25) is 0 Å². The molecule has 0 aliphatic heterocycles. The molecule has 0 spiro atoms. The van der Waals surface area contributed by atoms with Gasteiger partial charge < -0.3 is 5.32 Å². The number of nitrogens with one attached hydrogen (secondary N) is 1. The highest BCUT2D eigenvalue weighted by molar-refractivity contribution is 7.99.